The third-order valence-corrected chi connectivity index (χ3v) is 4.74. The molecule has 1 saturated heterocycles. The van der Waals surface area contributed by atoms with Crippen molar-refractivity contribution in [2.45, 2.75) is 39.2 Å². The molecule has 2 heterocycles. The van der Waals surface area contributed by atoms with E-state index in [9.17, 15) is 5.11 Å². The van der Waals surface area contributed by atoms with Crippen molar-refractivity contribution in [1.82, 2.24) is 10.1 Å². The quantitative estimate of drug-likeness (QED) is 0.891. The lowest BCUT2D eigenvalue weighted by Gasteiger charge is -2.36. The number of nitrogens with zero attached hydrogens (tertiary/aromatic N) is 2. The van der Waals surface area contributed by atoms with E-state index in [1.54, 1.807) is 0 Å². The fraction of sp³-hybridized carbons (Fsp3) is 0.786. The van der Waals surface area contributed by atoms with Gasteiger partial charge in [-0.1, -0.05) is 18.0 Å². The molecule has 0 bridgehead atoms. The second-order valence-corrected chi connectivity index (χ2v) is 6.06. The van der Waals surface area contributed by atoms with Gasteiger partial charge in [0.1, 0.15) is 5.76 Å². The van der Waals surface area contributed by atoms with Gasteiger partial charge in [0.25, 0.3) is 0 Å². The van der Waals surface area contributed by atoms with Crippen LogP contribution in [0.5, 0.6) is 0 Å². The van der Waals surface area contributed by atoms with Gasteiger partial charge in [0, 0.05) is 31.1 Å². The summed E-state index contributed by atoms with van der Waals surface area (Å²) in [6, 6.07) is 2.01. The van der Waals surface area contributed by atoms with E-state index in [-0.39, 0.29) is 5.41 Å². The summed E-state index contributed by atoms with van der Waals surface area (Å²) in [7, 11) is 0. The Hall–Kier alpha value is -0.870. The summed E-state index contributed by atoms with van der Waals surface area (Å²) in [4.78, 5) is 2.43. The fourth-order valence-corrected chi connectivity index (χ4v) is 3.79. The topological polar surface area (TPSA) is 49.5 Å². The lowest BCUT2D eigenvalue weighted by molar-refractivity contribution is 0.0579. The van der Waals surface area contributed by atoms with Crippen molar-refractivity contribution in [3.63, 3.8) is 0 Å². The molecule has 1 aromatic rings. The zero-order chi connectivity index (χ0) is 12.6. The van der Waals surface area contributed by atoms with Crippen LogP contribution < -0.4 is 0 Å². The Morgan fingerprint density at radius 3 is 3.11 bits per heavy atom. The average molecular weight is 250 g/mol. The molecule has 2 atom stereocenters. The van der Waals surface area contributed by atoms with Crippen LogP contribution in [0.3, 0.4) is 0 Å². The molecule has 1 saturated carbocycles. The van der Waals surface area contributed by atoms with Crippen molar-refractivity contribution >= 4 is 0 Å². The van der Waals surface area contributed by atoms with Gasteiger partial charge in [0.2, 0.25) is 0 Å². The molecule has 1 aliphatic carbocycles. The molecule has 1 aliphatic heterocycles. The van der Waals surface area contributed by atoms with E-state index < -0.39 is 0 Å². The molecule has 0 aromatic carbocycles. The minimum Gasteiger partial charge on any atom is -0.396 e. The van der Waals surface area contributed by atoms with Crippen LogP contribution in [-0.2, 0) is 6.54 Å². The average Bonchev–Trinajstić information content (AvgIpc) is 2.93. The maximum absolute atomic E-state index is 9.78. The predicted octanol–water partition coefficient (Wildman–Crippen LogP) is 1.97. The molecule has 3 rings (SSSR count). The number of aliphatic hydroxyl groups excluding tert-OH is 1. The number of hydrogen-bond donors (Lipinski definition) is 1. The Morgan fingerprint density at radius 1 is 1.56 bits per heavy atom. The van der Waals surface area contributed by atoms with Gasteiger partial charge >= 0.3 is 0 Å². The first-order chi connectivity index (χ1) is 8.72. The van der Waals surface area contributed by atoms with E-state index >= 15 is 0 Å². The standard InChI is InChI=1S/C14H22N2O2/c1-11-6-13(15-18-11)8-16-7-12-4-2-3-5-14(12,9-16)10-17/h6,12,17H,2-5,7-10H2,1H3. The minimum absolute atomic E-state index is 0.164. The van der Waals surface area contributed by atoms with E-state index in [1.165, 1.54) is 25.7 Å². The summed E-state index contributed by atoms with van der Waals surface area (Å²) in [5.74, 6) is 1.54. The lowest BCUT2D eigenvalue weighted by atomic mass is 9.69. The third-order valence-electron chi connectivity index (χ3n) is 4.74. The van der Waals surface area contributed by atoms with Crippen LogP contribution in [0.25, 0.3) is 0 Å². The van der Waals surface area contributed by atoms with Crippen LogP contribution in [0.4, 0.5) is 0 Å². The van der Waals surface area contributed by atoms with Crippen LogP contribution in [-0.4, -0.2) is 34.9 Å². The summed E-state index contributed by atoms with van der Waals surface area (Å²) in [6.07, 6.45) is 5.05. The van der Waals surface area contributed by atoms with Gasteiger partial charge in [-0.3, -0.25) is 4.90 Å². The Bertz CT molecular complexity index is 418. The third kappa shape index (κ3) is 2.08. The van der Waals surface area contributed by atoms with Crippen molar-refractivity contribution < 1.29 is 9.63 Å². The Morgan fingerprint density at radius 2 is 2.44 bits per heavy atom. The minimum atomic E-state index is 0.164. The van der Waals surface area contributed by atoms with Gasteiger partial charge in [-0.05, 0) is 25.7 Å². The number of rotatable bonds is 3. The van der Waals surface area contributed by atoms with Crippen LogP contribution in [0, 0.1) is 18.3 Å². The maximum atomic E-state index is 9.78. The van der Waals surface area contributed by atoms with Gasteiger partial charge in [0.05, 0.1) is 12.3 Å². The number of aromatic nitrogens is 1. The molecule has 2 fully saturated rings. The number of aryl methyl sites for hydroxylation is 1. The summed E-state index contributed by atoms with van der Waals surface area (Å²) >= 11 is 0. The summed E-state index contributed by atoms with van der Waals surface area (Å²) < 4.78 is 5.12. The monoisotopic (exact) mass is 250 g/mol. The molecular weight excluding hydrogens is 228 g/mol. The molecule has 0 spiro atoms. The number of fused-ring (bicyclic) bond motifs is 1. The number of hydrogen-bond acceptors (Lipinski definition) is 4. The Labute approximate surface area is 108 Å². The van der Waals surface area contributed by atoms with E-state index in [4.69, 9.17) is 4.52 Å². The highest BCUT2D eigenvalue weighted by molar-refractivity contribution is 5.06. The van der Waals surface area contributed by atoms with Gasteiger partial charge in [-0.2, -0.15) is 0 Å². The van der Waals surface area contributed by atoms with Crippen molar-refractivity contribution in [3.05, 3.63) is 17.5 Å². The van der Waals surface area contributed by atoms with Crippen molar-refractivity contribution in [2.24, 2.45) is 11.3 Å². The van der Waals surface area contributed by atoms with Gasteiger partial charge in [-0.25, -0.2) is 0 Å². The fourth-order valence-electron chi connectivity index (χ4n) is 3.79. The molecule has 1 N–H and O–H groups in total. The zero-order valence-electron chi connectivity index (χ0n) is 11.1. The van der Waals surface area contributed by atoms with E-state index in [2.05, 4.69) is 10.1 Å². The van der Waals surface area contributed by atoms with Crippen LogP contribution >= 0.6 is 0 Å². The van der Waals surface area contributed by atoms with Crippen molar-refractivity contribution in [2.75, 3.05) is 19.7 Å². The highest BCUT2D eigenvalue weighted by atomic mass is 16.5. The van der Waals surface area contributed by atoms with Gasteiger partial charge < -0.3 is 9.63 Å². The molecule has 2 aliphatic rings. The zero-order valence-corrected chi connectivity index (χ0v) is 11.1. The highest BCUT2D eigenvalue weighted by Gasteiger charge is 2.46. The van der Waals surface area contributed by atoms with E-state index in [0.717, 1.165) is 31.1 Å². The van der Waals surface area contributed by atoms with Crippen LogP contribution in [0.1, 0.15) is 37.1 Å². The number of likely N-dealkylation sites (tertiary alicyclic amines) is 1. The lowest BCUT2D eigenvalue weighted by Crippen LogP contribution is -2.36. The SMILES string of the molecule is Cc1cc(CN2CC3CCCCC3(CO)C2)no1. The molecular formula is C14H22N2O2. The van der Waals surface area contributed by atoms with Crippen LogP contribution in [0.15, 0.2) is 10.6 Å². The van der Waals surface area contributed by atoms with Crippen molar-refractivity contribution in [1.29, 1.82) is 0 Å². The maximum Gasteiger partial charge on any atom is 0.133 e. The van der Waals surface area contributed by atoms with Crippen molar-refractivity contribution in [3.8, 4) is 0 Å². The van der Waals surface area contributed by atoms with Gasteiger partial charge in [0.15, 0.2) is 0 Å². The Kier molecular flexibility index (Phi) is 3.16. The molecule has 18 heavy (non-hydrogen) atoms. The molecule has 1 aromatic heterocycles. The predicted molar refractivity (Wildman–Crippen MR) is 68.0 cm³/mol. The summed E-state index contributed by atoms with van der Waals surface area (Å²) in [5.41, 5.74) is 1.18. The highest BCUT2D eigenvalue weighted by Crippen LogP contribution is 2.46. The second-order valence-electron chi connectivity index (χ2n) is 6.06. The molecule has 4 nitrogen and oxygen atoms in total. The van der Waals surface area contributed by atoms with E-state index in [0.29, 0.717) is 12.5 Å². The summed E-state index contributed by atoms with van der Waals surface area (Å²) in [5, 5.41) is 13.8. The summed E-state index contributed by atoms with van der Waals surface area (Å²) in [6.45, 7) is 5.24. The number of aliphatic hydroxyl groups is 1. The largest absolute Gasteiger partial charge is 0.396 e. The first kappa shape index (κ1) is 12.2. The first-order valence-corrected chi connectivity index (χ1v) is 6.97. The first-order valence-electron chi connectivity index (χ1n) is 6.97. The molecule has 0 amide bonds. The van der Waals surface area contributed by atoms with Gasteiger partial charge in [-0.15, -0.1) is 0 Å². The molecule has 2 unspecified atom stereocenters. The Balaban J connectivity index is 1.69. The molecule has 0 radical (unpaired) electrons. The van der Waals surface area contributed by atoms with Crippen LogP contribution in [0.2, 0.25) is 0 Å². The van der Waals surface area contributed by atoms with E-state index in [1.807, 2.05) is 13.0 Å². The molecule has 100 valence electrons. The smallest absolute Gasteiger partial charge is 0.133 e. The molecule has 4 heteroatoms. The second kappa shape index (κ2) is 4.67. The normalized spacial score (nSPS) is 32.7.